The van der Waals surface area contributed by atoms with Crippen LogP contribution in [0.15, 0.2) is 71.8 Å². The molecule has 2 N–H and O–H groups in total. The van der Waals surface area contributed by atoms with Gasteiger partial charge in [-0.15, -0.1) is 0 Å². The van der Waals surface area contributed by atoms with E-state index < -0.39 is 5.82 Å². The molecular formula is C29H20ClFN4O2. The van der Waals surface area contributed by atoms with E-state index in [0.29, 0.717) is 46.0 Å². The van der Waals surface area contributed by atoms with E-state index in [-0.39, 0.29) is 16.1 Å². The quantitative estimate of drug-likeness (QED) is 0.248. The molecule has 0 spiro atoms. The molecule has 1 aliphatic carbocycles. The summed E-state index contributed by atoms with van der Waals surface area (Å²) >= 11 is 6.33. The van der Waals surface area contributed by atoms with E-state index >= 15 is 0 Å². The molecule has 0 aliphatic heterocycles. The Morgan fingerprint density at radius 2 is 1.95 bits per heavy atom. The lowest BCUT2D eigenvalue weighted by Crippen LogP contribution is -2.05. The molecule has 7 rings (SSSR count). The highest BCUT2D eigenvalue weighted by Gasteiger charge is 2.23. The van der Waals surface area contributed by atoms with Crippen molar-refractivity contribution in [1.82, 2.24) is 19.9 Å². The minimum Gasteiger partial charge on any atom is -0.477 e. The number of hydrogen-bond acceptors (Lipinski definition) is 4. The highest BCUT2D eigenvalue weighted by atomic mass is 35.5. The maximum atomic E-state index is 14.7. The topological polar surface area (TPSA) is 83.7 Å². The van der Waals surface area contributed by atoms with Crippen molar-refractivity contribution in [3.05, 3.63) is 88.2 Å². The zero-order chi connectivity index (χ0) is 25.1. The minimum atomic E-state index is -0.476. The number of aromatic amines is 2. The van der Waals surface area contributed by atoms with E-state index in [9.17, 15) is 9.18 Å². The zero-order valence-electron chi connectivity index (χ0n) is 19.5. The molecule has 1 saturated carbocycles. The number of halogens is 2. The number of aromatic nitrogens is 4. The van der Waals surface area contributed by atoms with Crippen molar-refractivity contribution in [2.24, 2.45) is 5.92 Å². The number of nitrogens with one attached hydrogen (secondary N) is 2. The summed E-state index contributed by atoms with van der Waals surface area (Å²) in [6, 6.07) is 16.1. The first kappa shape index (κ1) is 22.0. The molecule has 0 atom stereocenters. The molecule has 6 nitrogen and oxygen atoms in total. The number of ether oxygens (including phenoxy) is 1. The molecule has 6 aromatic rings. The zero-order valence-corrected chi connectivity index (χ0v) is 20.3. The summed E-state index contributed by atoms with van der Waals surface area (Å²) in [4.78, 5) is 28.3. The second kappa shape index (κ2) is 8.42. The molecule has 0 bridgehead atoms. The van der Waals surface area contributed by atoms with Crippen LogP contribution >= 0.6 is 11.6 Å². The van der Waals surface area contributed by atoms with E-state index in [1.165, 1.54) is 18.9 Å². The van der Waals surface area contributed by atoms with E-state index in [0.717, 1.165) is 21.9 Å². The fraction of sp³-hybridized carbons (Fsp3) is 0.138. The molecule has 1 fully saturated rings. The third-order valence-corrected chi connectivity index (χ3v) is 7.23. The lowest BCUT2D eigenvalue weighted by atomic mass is 9.97. The summed E-state index contributed by atoms with van der Waals surface area (Å²) in [6.45, 7) is 0.649. The molecule has 0 amide bonds. The van der Waals surface area contributed by atoms with Crippen LogP contribution in [0.25, 0.3) is 55.1 Å². The van der Waals surface area contributed by atoms with Crippen molar-refractivity contribution in [3.63, 3.8) is 0 Å². The molecule has 0 unspecified atom stereocenters. The Balaban J connectivity index is 1.49. The van der Waals surface area contributed by atoms with Crippen LogP contribution in [-0.4, -0.2) is 26.5 Å². The van der Waals surface area contributed by atoms with Gasteiger partial charge >= 0.3 is 0 Å². The average molecular weight is 511 g/mol. The second-order valence-corrected chi connectivity index (χ2v) is 9.78. The Bertz CT molecular complexity index is 1890. The van der Waals surface area contributed by atoms with Gasteiger partial charge in [0.1, 0.15) is 11.6 Å². The fourth-order valence-corrected chi connectivity index (χ4v) is 5.14. The van der Waals surface area contributed by atoms with Crippen LogP contribution in [0.5, 0.6) is 5.88 Å². The largest absolute Gasteiger partial charge is 0.477 e. The molecule has 0 radical (unpaired) electrons. The number of rotatable bonds is 5. The third kappa shape index (κ3) is 3.65. The smallest absolute Gasteiger partial charge is 0.256 e. The summed E-state index contributed by atoms with van der Waals surface area (Å²) in [5.74, 6) is 1.00. The average Bonchev–Trinajstić information content (AvgIpc) is 3.63. The normalized spacial score (nSPS) is 13.6. The first-order valence-electron chi connectivity index (χ1n) is 12.1. The number of pyridine rings is 2. The number of nitrogens with zero attached hydrogens (tertiary/aromatic N) is 2. The first-order chi connectivity index (χ1) is 18.1. The van der Waals surface area contributed by atoms with Crippen LogP contribution in [0.4, 0.5) is 4.39 Å². The van der Waals surface area contributed by atoms with Crippen LogP contribution in [-0.2, 0) is 0 Å². The first-order valence-corrected chi connectivity index (χ1v) is 12.5. The van der Waals surface area contributed by atoms with Crippen LogP contribution in [0.3, 0.4) is 0 Å². The van der Waals surface area contributed by atoms with Gasteiger partial charge in [-0.3, -0.25) is 4.79 Å². The molecule has 3 aromatic carbocycles. The van der Waals surface area contributed by atoms with E-state index in [2.05, 4.69) is 15.0 Å². The molecular weight excluding hydrogens is 491 g/mol. The van der Waals surface area contributed by atoms with Gasteiger partial charge in [0.15, 0.2) is 0 Å². The Kier molecular flexibility index (Phi) is 5.01. The molecule has 3 heterocycles. The summed E-state index contributed by atoms with van der Waals surface area (Å²) in [5.41, 5.74) is 2.97. The van der Waals surface area contributed by atoms with Gasteiger partial charge in [0.2, 0.25) is 5.88 Å². The summed E-state index contributed by atoms with van der Waals surface area (Å²) in [5, 5.41) is 2.96. The second-order valence-electron chi connectivity index (χ2n) is 9.37. The number of H-pyrrole nitrogens is 2. The predicted octanol–water partition coefficient (Wildman–Crippen LogP) is 6.87. The number of hydrogen-bond donors (Lipinski definition) is 2. The summed E-state index contributed by atoms with van der Waals surface area (Å²) < 4.78 is 20.8. The molecule has 182 valence electrons. The molecule has 3 aromatic heterocycles. The fourth-order valence-electron chi connectivity index (χ4n) is 4.89. The Morgan fingerprint density at radius 3 is 2.78 bits per heavy atom. The molecule has 8 heteroatoms. The van der Waals surface area contributed by atoms with Crippen molar-refractivity contribution < 1.29 is 9.13 Å². The lowest BCUT2D eigenvalue weighted by molar-refractivity contribution is 0.290. The van der Waals surface area contributed by atoms with Gasteiger partial charge in [0, 0.05) is 28.7 Å². The monoisotopic (exact) mass is 510 g/mol. The van der Waals surface area contributed by atoms with Crippen molar-refractivity contribution in [3.8, 4) is 28.4 Å². The van der Waals surface area contributed by atoms with Crippen molar-refractivity contribution in [1.29, 1.82) is 0 Å². The lowest BCUT2D eigenvalue weighted by Gasteiger charge is -2.12. The highest BCUT2D eigenvalue weighted by Crippen LogP contribution is 2.39. The van der Waals surface area contributed by atoms with Crippen LogP contribution in [0.2, 0.25) is 5.02 Å². The van der Waals surface area contributed by atoms with Crippen molar-refractivity contribution >= 4 is 44.2 Å². The maximum Gasteiger partial charge on any atom is 0.256 e. The van der Waals surface area contributed by atoms with Crippen LogP contribution in [0.1, 0.15) is 12.8 Å². The van der Waals surface area contributed by atoms with Gasteiger partial charge in [0.05, 0.1) is 33.6 Å². The molecule has 37 heavy (non-hydrogen) atoms. The Morgan fingerprint density at radius 1 is 1.05 bits per heavy atom. The minimum absolute atomic E-state index is 0.191. The van der Waals surface area contributed by atoms with Gasteiger partial charge < -0.3 is 14.7 Å². The van der Waals surface area contributed by atoms with Gasteiger partial charge in [-0.1, -0.05) is 29.8 Å². The molecule has 1 aliphatic rings. The number of benzene rings is 3. The van der Waals surface area contributed by atoms with Gasteiger partial charge in [-0.2, -0.15) is 0 Å². The molecule has 0 saturated heterocycles. The number of imidazole rings is 1. The standard InChI is InChI=1S/C29H20ClFN4O2/c30-21-4-1-5-22(31)24(21)27-34-25-18-9-8-16(17-3-2-11-33-29(17)37-14-15-6-7-15)13-20(18)23-19(26(25)35-27)10-12-32-28(23)36/h1-5,8-13,15H,6-7,14H2,(H,32,36)(H,34,35). The third-order valence-electron chi connectivity index (χ3n) is 6.91. The summed E-state index contributed by atoms with van der Waals surface area (Å²) in [7, 11) is 0. The van der Waals surface area contributed by atoms with Crippen LogP contribution in [0, 0.1) is 11.7 Å². The van der Waals surface area contributed by atoms with Crippen molar-refractivity contribution in [2.45, 2.75) is 12.8 Å². The Labute approximate surface area is 215 Å². The van der Waals surface area contributed by atoms with Gasteiger partial charge in [-0.05, 0) is 66.1 Å². The van der Waals surface area contributed by atoms with Crippen molar-refractivity contribution in [2.75, 3.05) is 6.61 Å². The predicted molar refractivity (Wildman–Crippen MR) is 144 cm³/mol. The van der Waals surface area contributed by atoms with Crippen LogP contribution < -0.4 is 10.3 Å². The van der Waals surface area contributed by atoms with E-state index in [1.807, 2.05) is 36.4 Å². The van der Waals surface area contributed by atoms with Gasteiger partial charge in [-0.25, -0.2) is 14.4 Å². The SMILES string of the molecule is O=c1[nH]ccc2c3nc(-c4c(F)cccc4Cl)[nH]c3c3ccc(-c4cccnc4OCC4CC4)cc3c12. The maximum absolute atomic E-state index is 14.7. The number of fused-ring (bicyclic) bond motifs is 6. The summed E-state index contributed by atoms with van der Waals surface area (Å²) in [6.07, 6.45) is 5.69. The highest BCUT2D eigenvalue weighted by molar-refractivity contribution is 6.33. The van der Waals surface area contributed by atoms with E-state index in [1.54, 1.807) is 24.5 Å². The van der Waals surface area contributed by atoms with E-state index in [4.69, 9.17) is 21.3 Å². The van der Waals surface area contributed by atoms with Gasteiger partial charge in [0.25, 0.3) is 5.56 Å². The Hall–Kier alpha value is -4.23.